The summed E-state index contributed by atoms with van der Waals surface area (Å²) in [6.45, 7) is 15.6. The van der Waals surface area contributed by atoms with Gasteiger partial charge in [0.15, 0.2) is 0 Å². The van der Waals surface area contributed by atoms with Crippen molar-refractivity contribution in [3.05, 3.63) is 114 Å². The Hall–Kier alpha value is -3.55. The average molecular weight is 721 g/mol. The molecular formula is C37H37N2OPt-. The van der Waals surface area contributed by atoms with Crippen LogP contribution in [0, 0.1) is 13.0 Å². The molecule has 0 bridgehead atoms. The molecule has 0 atom stereocenters. The fraction of sp³-hybridized carbons (Fsp3) is 0.243. The molecule has 2 aromatic heterocycles. The first-order valence-electron chi connectivity index (χ1n) is 13.8. The molecule has 0 spiro atoms. The maximum atomic E-state index is 10.8. The van der Waals surface area contributed by atoms with E-state index >= 15 is 0 Å². The number of aromatic hydroxyl groups is 1. The van der Waals surface area contributed by atoms with Gasteiger partial charge >= 0.3 is 0 Å². The molecule has 0 aliphatic rings. The first kappa shape index (κ1) is 30.4. The number of phenolic OH excluding ortho intramolecular Hbond substituents is 1. The Morgan fingerprint density at radius 1 is 0.634 bits per heavy atom. The molecule has 1 N–H and O–H groups in total. The third kappa shape index (κ3) is 6.85. The molecule has 0 amide bonds. The minimum atomic E-state index is -0.00464. The Bertz CT molecular complexity index is 1660. The molecule has 41 heavy (non-hydrogen) atoms. The van der Waals surface area contributed by atoms with E-state index in [0.717, 1.165) is 44.9 Å². The Morgan fingerprint density at radius 3 is 1.83 bits per heavy atom. The molecule has 3 aromatic carbocycles. The van der Waals surface area contributed by atoms with Crippen molar-refractivity contribution in [3.8, 4) is 50.6 Å². The summed E-state index contributed by atoms with van der Waals surface area (Å²) in [5.74, 6) is 0.207. The molecule has 5 aromatic rings. The summed E-state index contributed by atoms with van der Waals surface area (Å²) in [5, 5.41) is 10.8. The molecule has 5 rings (SSSR count). The van der Waals surface area contributed by atoms with E-state index in [-0.39, 0.29) is 37.6 Å². The van der Waals surface area contributed by atoms with Gasteiger partial charge in [-0.25, -0.2) is 0 Å². The Kier molecular flexibility index (Phi) is 8.71. The van der Waals surface area contributed by atoms with Crippen LogP contribution in [0.25, 0.3) is 44.9 Å². The number of pyridine rings is 2. The van der Waals surface area contributed by atoms with Gasteiger partial charge in [0.1, 0.15) is 5.75 Å². The third-order valence-electron chi connectivity index (χ3n) is 7.27. The molecular weight excluding hydrogens is 683 g/mol. The van der Waals surface area contributed by atoms with Gasteiger partial charge in [0.2, 0.25) is 0 Å². The van der Waals surface area contributed by atoms with Crippen molar-refractivity contribution in [1.29, 1.82) is 0 Å². The minimum absolute atomic E-state index is 0. The monoisotopic (exact) mass is 720 g/mol. The van der Waals surface area contributed by atoms with Crippen LogP contribution in [0.3, 0.4) is 0 Å². The average Bonchev–Trinajstić information content (AvgIpc) is 2.92. The van der Waals surface area contributed by atoms with Gasteiger partial charge < -0.3 is 5.11 Å². The van der Waals surface area contributed by atoms with Crippen LogP contribution in [0.5, 0.6) is 5.75 Å². The molecule has 0 aliphatic heterocycles. The first-order valence-corrected chi connectivity index (χ1v) is 13.8. The summed E-state index contributed by atoms with van der Waals surface area (Å²) in [6.07, 6.45) is 1.83. The number of hydrogen-bond donors (Lipinski definition) is 1. The Morgan fingerprint density at radius 2 is 1.22 bits per heavy atom. The van der Waals surface area contributed by atoms with Crippen LogP contribution < -0.4 is 0 Å². The topological polar surface area (TPSA) is 46.0 Å². The number of aromatic nitrogens is 2. The summed E-state index contributed by atoms with van der Waals surface area (Å²) < 4.78 is 0. The molecule has 3 nitrogen and oxygen atoms in total. The second-order valence-electron chi connectivity index (χ2n) is 12.6. The van der Waals surface area contributed by atoms with Crippen molar-refractivity contribution in [1.82, 2.24) is 9.97 Å². The second kappa shape index (κ2) is 11.7. The SMILES string of the molecule is Cc1ccnc(-c2[c-]c(-c3cc(-c4cc(C(C)(C)C)cc(C(C)(C)C)c4)cc(-c4ccccc4O)n3)ccc2)c1.[Pt]. The van der Waals surface area contributed by atoms with Crippen LogP contribution in [0.1, 0.15) is 58.2 Å². The van der Waals surface area contributed by atoms with Crippen LogP contribution >= 0.6 is 0 Å². The van der Waals surface area contributed by atoms with Gasteiger partial charge in [-0.1, -0.05) is 101 Å². The molecule has 0 aliphatic carbocycles. The van der Waals surface area contributed by atoms with Gasteiger partial charge in [-0.3, -0.25) is 9.97 Å². The number of hydrogen-bond acceptors (Lipinski definition) is 3. The quantitative estimate of drug-likeness (QED) is 0.188. The summed E-state index contributed by atoms with van der Waals surface area (Å²) in [4.78, 5) is 9.61. The number of nitrogens with zero attached hydrogens (tertiary/aromatic N) is 2. The van der Waals surface area contributed by atoms with Crippen molar-refractivity contribution in [2.24, 2.45) is 0 Å². The fourth-order valence-electron chi connectivity index (χ4n) is 4.77. The van der Waals surface area contributed by atoms with E-state index in [2.05, 4.69) is 95.9 Å². The summed E-state index contributed by atoms with van der Waals surface area (Å²) >= 11 is 0. The number of rotatable bonds is 4. The van der Waals surface area contributed by atoms with Crippen molar-refractivity contribution in [2.45, 2.75) is 59.3 Å². The third-order valence-corrected chi connectivity index (χ3v) is 7.27. The van der Waals surface area contributed by atoms with E-state index in [0.29, 0.717) is 5.56 Å². The van der Waals surface area contributed by atoms with E-state index < -0.39 is 0 Å². The smallest absolute Gasteiger partial charge is 0.124 e. The molecule has 0 fully saturated rings. The van der Waals surface area contributed by atoms with E-state index in [1.54, 1.807) is 6.07 Å². The largest absolute Gasteiger partial charge is 0.507 e. The minimum Gasteiger partial charge on any atom is -0.507 e. The predicted molar refractivity (Wildman–Crippen MR) is 166 cm³/mol. The fourth-order valence-corrected chi connectivity index (χ4v) is 4.77. The summed E-state index contributed by atoms with van der Waals surface area (Å²) in [6, 6.07) is 32.2. The van der Waals surface area contributed by atoms with Gasteiger partial charge in [-0.05, 0) is 64.3 Å². The van der Waals surface area contributed by atoms with Gasteiger partial charge in [0.25, 0.3) is 0 Å². The van der Waals surface area contributed by atoms with Crippen molar-refractivity contribution < 1.29 is 26.2 Å². The maximum Gasteiger partial charge on any atom is 0.124 e. The van der Waals surface area contributed by atoms with Gasteiger partial charge in [-0.2, -0.15) is 0 Å². The van der Waals surface area contributed by atoms with Crippen LogP contribution in [0.4, 0.5) is 0 Å². The molecule has 2 heterocycles. The summed E-state index contributed by atoms with van der Waals surface area (Å²) in [5.41, 5.74) is 10.8. The zero-order chi connectivity index (χ0) is 28.7. The Labute approximate surface area is 259 Å². The van der Waals surface area contributed by atoms with Crippen LogP contribution in [-0.2, 0) is 31.9 Å². The van der Waals surface area contributed by atoms with Crippen molar-refractivity contribution >= 4 is 0 Å². The van der Waals surface area contributed by atoms with Crippen LogP contribution in [0.2, 0.25) is 0 Å². The predicted octanol–water partition coefficient (Wildman–Crippen LogP) is 9.55. The van der Waals surface area contributed by atoms with Gasteiger partial charge in [-0.15, -0.1) is 24.3 Å². The summed E-state index contributed by atoms with van der Waals surface area (Å²) in [7, 11) is 0. The van der Waals surface area contributed by atoms with E-state index in [9.17, 15) is 5.11 Å². The van der Waals surface area contributed by atoms with Crippen LogP contribution in [0.15, 0.2) is 91.1 Å². The first-order chi connectivity index (χ1) is 18.9. The molecule has 0 radical (unpaired) electrons. The second-order valence-corrected chi connectivity index (χ2v) is 12.6. The normalized spacial score (nSPS) is 11.7. The van der Waals surface area contributed by atoms with E-state index in [1.807, 2.05) is 48.7 Å². The van der Waals surface area contributed by atoms with Crippen LogP contribution in [-0.4, -0.2) is 15.1 Å². The maximum absolute atomic E-state index is 10.8. The molecule has 0 saturated heterocycles. The zero-order valence-electron chi connectivity index (χ0n) is 24.8. The molecule has 4 heteroatoms. The number of phenols is 1. The van der Waals surface area contributed by atoms with E-state index in [1.165, 1.54) is 11.1 Å². The van der Waals surface area contributed by atoms with Crippen molar-refractivity contribution in [3.63, 3.8) is 0 Å². The van der Waals surface area contributed by atoms with Gasteiger partial charge in [0.05, 0.1) is 5.69 Å². The van der Waals surface area contributed by atoms with Gasteiger partial charge in [0, 0.05) is 44.2 Å². The van der Waals surface area contributed by atoms with E-state index in [4.69, 9.17) is 4.98 Å². The standard InChI is InChI=1S/C37H37N2O.Pt/c1-24-15-16-38-32(17-24)25-11-10-12-26(18-25)33-21-28(22-34(39-33)31-13-8-9-14-35(31)40)27-19-29(36(2,3)4)23-30(20-27)37(5,6)7;/h8-17,19-23,40H,1-7H3;/q-1;. The molecule has 0 unspecified atom stereocenters. The molecule has 212 valence electrons. The number of para-hydroxylation sites is 1. The Balaban J connectivity index is 0.00000387. The number of benzene rings is 3. The molecule has 0 saturated carbocycles. The van der Waals surface area contributed by atoms with Crippen molar-refractivity contribution in [2.75, 3.05) is 0 Å². The number of aryl methyl sites for hydroxylation is 1. The zero-order valence-corrected chi connectivity index (χ0v) is 27.1.